The number of rotatable bonds is 5. The van der Waals surface area contributed by atoms with Gasteiger partial charge in [0.2, 0.25) is 0 Å². The molecule has 0 bridgehead atoms. The minimum absolute atomic E-state index is 0.0413. The minimum atomic E-state index is -0.154. The maximum atomic E-state index is 6.43. The predicted molar refractivity (Wildman–Crippen MR) is 111 cm³/mol. The van der Waals surface area contributed by atoms with E-state index in [1.807, 2.05) is 29.3 Å². The molecule has 2 aliphatic heterocycles. The number of halogens is 2. The molecule has 0 aromatic heterocycles. The highest BCUT2D eigenvalue weighted by Gasteiger charge is 2.41. The van der Waals surface area contributed by atoms with E-state index in [9.17, 15) is 0 Å². The summed E-state index contributed by atoms with van der Waals surface area (Å²) in [5.74, 6) is 2.09. The lowest BCUT2D eigenvalue weighted by Crippen LogP contribution is -2.40. The van der Waals surface area contributed by atoms with Gasteiger partial charge in [-0.1, -0.05) is 36.5 Å². The molecule has 28 heavy (non-hydrogen) atoms. The topological polar surface area (TPSA) is 43.3 Å². The minimum Gasteiger partial charge on any atom is -0.493 e. The molecule has 2 aliphatic rings. The fraction of sp³-hybridized carbons (Fsp3) is 0.381. The fourth-order valence-corrected chi connectivity index (χ4v) is 4.37. The van der Waals surface area contributed by atoms with E-state index in [1.165, 1.54) is 0 Å². The Bertz CT molecular complexity index is 932. The van der Waals surface area contributed by atoms with Crippen molar-refractivity contribution in [2.45, 2.75) is 38.5 Å². The molecule has 0 saturated heterocycles. The third-order valence-electron chi connectivity index (χ3n) is 5.14. The maximum Gasteiger partial charge on any atom is 0.187 e. The van der Waals surface area contributed by atoms with Gasteiger partial charge in [-0.15, -0.1) is 0 Å². The van der Waals surface area contributed by atoms with Gasteiger partial charge in [0.15, 0.2) is 17.7 Å². The second-order valence-corrected chi connectivity index (χ2v) is 7.73. The summed E-state index contributed by atoms with van der Waals surface area (Å²) in [6.07, 6.45) is 2.43. The van der Waals surface area contributed by atoms with E-state index in [2.05, 4.69) is 6.92 Å². The lowest BCUT2D eigenvalue weighted by atomic mass is 9.96. The lowest BCUT2D eigenvalue weighted by molar-refractivity contribution is -0.0222. The van der Waals surface area contributed by atoms with Crippen molar-refractivity contribution in [1.29, 1.82) is 0 Å². The van der Waals surface area contributed by atoms with E-state index >= 15 is 0 Å². The van der Waals surface area contributed by atoms with E-state index in [4.69, 9.17) is 42.5 Å². The van der Waals surface area contributed by atoms with Gasteiger partial charge in [0.25, 0.3) is 0 Å². The largest absolute Gasteiger partial charge is 0.493 e. The molecule has 0 amide bonds. The Labute approximate surface area is 174 Å². The van der Waals surface area contributed by atoms with Crippen molar-refractivity contribution < 1.29 is 14.2 Å². The van der Waals surface area contributed by atoms with Crippen molar-refractivity contribution in [2.24, 2.45) is 5.10 Å². The van der Waals surface area contributed by atoms with Crippen LogP contribution in [-0.2, 0) is 0 Å². The third kappa shape index (κ3) is 3.27. The van der Waals surface area contributed by atoms with Gasteiger partial charge in [-0.3, -0.25) is 5.01 Å². The molecular formula is C21H22Cl2N2O3. The van der Waals surface area contributed by atoms with Crippen LogP contribution in [0, 0.1) is 0 Å². The highest BCUT2D eigenvalue weighted by atomic mass is 35.5. The van der Waals surface area contributed by atoms with Gasteiger partial charge in [0, 0.05) is 29.0 Å². The summed E-state index contributed by atoms with van der Waals surface area (Å²) in [5.41, 5.74) is 2.95. The molecule has 2 atom stereocenters. The number of nitrogens with zero attached hydrogens (tertiary/aromatic N) is 2. The van der Waals surface area contributed by atoms with Gasteiger partial charge in [0.05, 0.1) is 31.0 Å². The summed E-state index contributed by atoms with van der Waals surface area (Å²) >= 11 is 12.7. The highest BCUT2D eigenvalue weighted by Crippen LogP contribution is 2.48. The average Bonchev–Trinajstić information content (AvgIpc) is 3.14. The fourth-order valence-electron chi connectivity index (χ4n) is 3.82. The molecule has 2 aromatic carbocycles. The molecule has 2 aromatic rings. The molecule has 7 heteroatoms. The first-order valence-corrected chi connectivity index (χ1v) is 10.0. The SMILES string of the molecule is CCC[C@@H]1Oc2c(Cl)cc(Cl)cc2[C@H]2CC(c3ccc(OC)c(OC)c3)=NN12. The molecule has 0 fully saturated rings. The Hall–Kier alpha value is -2.11. The van der Waals surface area contributed by atoms with Crippen LogP contribution >= 0.6 is 23.2 Å². The van der Waals surface area contributed by atoms with Crippen LogP contribution in [0.15, 0.2) is 35.4 Å². The second-order valence-electron chi connectivity index (χ2n) is 6.88. The number of benzene rings is 2. The van der Waals surface area contributed by atoms with Gasteiger partial charge in [0.1, 0.15) is 5.75 Å². The Balaban J connectivity index is 1.74. The first-order valence-electron chi connectivity index (χ1n) is 9.29. The summed E-state index contributed by atoms with van der Waals surface area (Å²) in [5, 5.41) is 8.10. The smallest absolute Gasteiger partial charge is 0.187 e. The van der Waals surface area contributed by atoms with Gasteiger partial charge in [-0.25, -0.2) is 0 Å². The first-order chi connectivity index (χ1) is 13.5. The van der Waals surface area contributed by atoms with Crippen molar-refractivity contribution in [3.63, 3.8) is 0 Å². The molecule has 148 valence electrons. The summed E-state index contributed by atoms with van der Waals surface area (Å²) in [6.45, 7) is 2.13. The van der Waals surface area contributed by atoms with Gasteiger partial charge >= 0.3 is 0 Å². The Morgan fingerprint density at radius 1 is 1.14 bits per heavy atom. The monoisotopic (exact) mass is 420 g/mol. The number of hydrazone groups is 1. The zero-order chi connectivity index (χ0) is 19.8. The molecule has 2 heterocycles. The number of fused-ring (bicyclic) bond motifs is 3. The summed E-state index contributed by atoms with van der Waals surface area (Å²) < 4.78 is 17.0. The van der Waals surface area contributed by atoms with Crippen LogP contribution in [0.3, 0.4) is 0 Å². The Morgan fingerprint density at radius 2 is 1.93 bits per heavy atom. The normalized spacial score (nSPS) is 20.2. The molecule has 0 N–H and O–H groups in total. The Kier molecular flexibility index (Phi) is 5.30. The van der Waals surface area contributed by atoms with Crippen LogP contribution in [0.2, 0.25) is 10.0 Å². The molecule has 0 saturated carbocycles. The maximum absolute atomic E-state index is 6.43. The van der Waals surface area contributed by atoms with E-state index in [0.717, 1.165) is 41.9 Å². The molecule has 4 rings (SSSR count). The number of hydrogen-bond acceptors (Lipinski definition) is 5. The zero-order valence-corrected chi connectivity index (χ0v) is 17.5. The van der Waals surface area contributed by atoms with Crippen LogP contribution in [0.25, 0.3) is 0 Å². The standard InChI is InChI=1S/C21H22Cl2N2O3/c1-4-5-20-25-17(14-9-13(22)10-15(23)21(14)28-20)11-16(24-25)12-6-7-18(26-2)19(8-12)27-3/h6-10,17,20H,4-5,11H2,1-3H3/t17-,20+/m1/s1. The van der Waals surface area contributed by atoms with Crippen molar-refractivity contribution in [2.75, 3.05) is 14.2 Å². The lowest BCUT2D eigenvalue weighted by Gasteiger charge is -2.38. The number of ether oxygens (including phenoxy) is 3. The predicted octanol–water partition coefficient (Wildman–Crippen LogP) is 5.68. The number of methoxy groups -OCH3 is 2. The third-order valence-corrected chi connectivity index (χ3v) is 5.64. The molecule has 0 aliphatic carbocycles. The first kappa shape index (κ1) is 19.2. The van der Waals surface area contributed by atoms with Crippen molar-refractivity contribution in [3.05, 3.63) is 51.5 Å². The van der Waals surface area contributed by atoms with E-state index < -0.39 is 0 Å². The van der Waals surface area contributed by atoms with Crippen LogP contribution in [0.4, 0.5) is 0 Å². The van der Waals surface area contributed by atoms with E-state index in [0.29, 0.717) is 21.5 Å². The zero-order valence-electron chi connectivity index (χ0n) is 16.0. The average molecular weight is 421 g/mol. The van der Waals surface area contributed by atoms with Gasteiger partial charge < -0.3 is 14.2 Å². The summed E-state index contributed by atoms with van der Waals surface area (Å²) in [4.78, 5) is 0. The summed E-state index contributed by atoms with van der Waals surface area (Å²) in [6, 6.07) is 9.55. The van der Waals surface area contributed by atoms with Crippen molar-refractivity contribution >= 4 is 28.9 Å². The van der Waals surface area contributed by atoms with Crippen LogP contribution < -0.4 is 14.2 Å². The van der Waals surface area contributed by atoms with Crippen LogP contribution in [-0.4, -0.2) is 31.2 Å². The molecule has 0 radical (unpaired) electrons. The second kappa shape index (κ2) is 7.72. The van der Waals surface area contributed by atoms with E-state index in [1.54, 1.807) is 20.3 Å². The molecule has 5 nitrogen and oxygen atoms in total. The molecule has 0 spiro atoms. The van der Waals surface area contributed by atoms with Crippen LogP contribution in [0.1, 0.15) is 43.4 Å². The van der Waals surface area contributed by atoms with E-state index in [-0.39, 0.29) is 12.3 Å². The van der Waals surface area contributed by atoms with Crippen molar-refractivity contribution in [1.82, 2.24) is 5.01 Å². The quantitative estimate of drug-likeness (QED) is 0.623. The summed E-state index contributed by atoms with van der Waals surface area (Å²) in [7, 11) is 3.26. The Morgan fingerprint density at radius 3 is 2.64 bits per heavy atom. The van der Waals surface area contributed by atoms with Crippen molar-refractivity contribution in [3.8, 4) is 17.2 Å². The van der Waals surface area contributed by atoms with Gasteiger partial charge in [-0.2, -0.15) is 5.10 Å². The number of hydrogen-bond donors (Lipinski definition) is 0. The molecular weight excluding hydrogens is 399 g/mol. The highest BCUT2D eigenvalue weighted by molar-refractivity contribution is 6.35. The molecule has 0 unspecified atom stereocenters. The van der Waals surface area contributed by atoms with Gasteiger partial charge in [-0.05, 0) is 30.3 Å². The van der Waals surface area contributed by atoms with Crippen LogP contribution in [0.5, 0.6) is 17.2 Å².